The summed E-state index contributed by atoms with van der Waals surface area (Å²) < 4.78 is 29.1. The van der Waals surface area contributed by atoms with Crippen molar-refractivity contribution in [3.8, 4) is 0 Å². The lowest BCUT2D eigenvalue weighted by molar-refractivity contribution is 0.426. The topological polar surface area (TPSA) is 72.2 Å². The van der Waals surface area contributed by atoms with E-state index in [0.29, 0.717) is 4.94 Å². The third kappa shape index (κ3) is 3.80. The first-order valence-corrected chi connectivity index (χ1v) is 2.51. The van der Waals surface area contributed by atoms with Gasteiger partial charge in [-0.05, 0) is 4.94 Å². The zero-order valence-electron chi connectivity index (χ0n) is 2.68. The highest BCUT2D eigenvalue weighted by atomic mass is 32.2. The van der Waals surface area contributed by atoms with Crippen LogP contribution in [-0.4, -0.2) is 8.42 Å². The lowest BCUT2D eigenvalue weighted by Gasteiger charge is -1.80. The Kier molecular flexibility index (Phi) is 1.45. The number of rotatable bonds is 1. The highest BCUT2D eigenvalue weighted by Crippen LogP contribution is 1.59. The second-order valence-electron chi connectivity index (χ2n) is 0.622. The van der Waals surface area contributed by atoms with Crippen LogP contribution in [0, 0.1) is 0 Å². The number of hydrogen-bond acceptors (Lipinski definition) is 2. The molecule has 0 bridgehead atoms. The first kappa shape index (κ1) is 5.80. The van der Waals surface area contributed by atoms with E-state index in [9.17, 15) is 12.9 Å². The van der Waals surface area contributed by atoms with Crippen LogP contribution in [-0.2, 0) is 10.2 Å². The molecule has 3 N–H and O–H groups in total. The summed E-state index contributed by atoms with van der Waals surface area (Å²) in [5.74, 6) is 0. The first-order chi connectivity index (χ1) is 2.56. The van der Waals surface area contributed by atoms with Crippen molar-refractivity contribution in [2.75, 3.05) is 0 Å². The Morgan fingerprint density at radius 1 is 1.67 bits per heavy atom. The van der Waals surface area contributed by atoms with Gasteiger partial charge in [0.1, 0.15) is 0 Å². The van der Waals surface area contributed by atoms with Gasteiger partial charge in [-0.15, -0.1) is 4.48 Å². The molecule has 0 aromatic rings. The molecule has 38 valence electrons. The molecule has 0 saturated heterocycles. The smallest absolute Gasteiger partial charge is 0.214 e. The average molecular weight is 114 g/mol. The van der Waals surface area contributed by atoms with E-state index in [1.807, 2.05) is 0 Å². The summed E-state index contributed by atoms with van der Waals surface area (Å²) in [6.45, 7) is 0. The molecule has 6 heteroatoms. The Morgan fingerprint density at radius 3 is 1.83 bits per heavy atom. The number of nitrogens with one attached hydrogen (secondary N) is 1. The van der Waals surface area contributed by atoms with Crippen LogP contribution < -0.4 is 10.1 Å². The maximum absolute atomic E-state index is 10.5. The Hall–Kier alpha value is -0.200. The third-order valence-corrected chi connectivity index (χ3v) is 0.323. The largest absolute Gasteiger partial charge is 0.300 e. The molecule has 0 unspecified atom stereocenters. The molecule has 6 heavy (non-hydrogen) atoms. The van der Waals surface area contributed by atoms with Gasteiger partial charge in [0.25, 0.3) is 0 Å². The summed E-state index contributed by atoms with van der Waals surface area (Å²) in [6.07, 6.45) is 0. The van der Waals surface area contributed by atoms with Crippen molar-refractivity contribution in [1.29, 1.82) is 0 Å². The molecule has 0 atom stereocenters. The molecule has 0 aliphatic carbocycles. The second-order valence-corrected chi connectivity index (χ2v) is 1.87. The van der Waals surface area contributed by atoms with Crippen molar-refractivity contribution < 1.29 is 12.9 Å². The standard InChI is InChI=1S/FH3N2O2S/c1-3-6(2,4)5/h3H,(H2,2,4,5). The molecule has 0 aliphatic rings. The minimum atomic E-state index is -4.08. The van der Waals surface area contributed by atoms with Gasteiger partial charge in [-0.25, -0.2) is 5.14 Å². The number of nitrogens with two attached hydrogens (primary N) is 1. The second kappa shape index (κ2) is 1.50. The van der Waals surface area contributed by atoms with Crippen LogP contribution in [0.5, 0.6) is 0 Å². The van der Waals surface area contributed by atoms with Gasteiger partial charge < -0.3 is 0 Å². The average Bonchev–Trinajstić information content (AvgIpc) is 1.35. The van der Waals surface area contributed by atoms with Gasteiger partial charge in [-0.2, -0.15) is 8.42 Å². The molecule has 0 fully saturated rings. The van der Waals surface area contributed by atoms with Crippen LogP contribution >= 0.6 is 0 Å². The van der Waals surface area contributed by atoms with E-state index in [4.69, 9.17) is 0 Å². The maximum Gasteiger partial charge on any atom is 0.300 e. The molecule has 0 aliphatic heterocycles. The monoisotopic (exact) mass is 114 g/mol. The van der Waals surface area contributed by atoms with E-state index in [0.717, 1.165) is 0 Å². The fourth-order valence-electron chi connectivity index (χ4n) is 0. The molecule has 0 aromatic heterocycles. The van der Waals surface area contributed by atoms with Crippen molar-refractivity contribution in [2.45, 2.75) is 0 Å². The van der Waals surface area contributed by atoms with E-state index in [1.54, 1.807) is 0 Å². The number of halogens is 1. The fraction of sp³-hybridized carbons (Fsp3) is 0. The van der Waals surface area contributed by atoms with Crippen molar-refractivity contribution >= 4 is 10.2 Å². The predicted molar refractivity (Wildman–Crippen MR) is 17.4 cm³/mol. The van der Waals surface area contributed by atoms with Crippen molar-refractivity contribution in [1.82, 2.24) is 4.94 Å². The van der Waals surface area contributed by atoms with E-state index >= 15 is 0 Å². The van der Waals surface area contributed by atoms with Crippen LogP contribution in [0.4, 0.5) is 4.48 Å². The SMILES string of the molecule is NS(=O)(=O)NF. The zero-order valence-corrected chi connectivity index (χ0v) is 3.50. The number of hydrogen-bond donors (Lipinski definition) is 2. The minimum absolute atomic E-state index is 0.354. The Labute approximate surface area is 34.3 Å². The predicted octanol–water partition coefficient (Wildman–Crippen LogP) is -1.34. The maximum atomic E-state index is 10.5. The van der Waals surface area contributed by atoms with Crippen molar-refractivity contribution in [2.24, 2.45) is 5.14 Å². The van der Waals surface area contributed by atoms with Gasteiger partial charge in [-0.3, -0.25) is 0 Å². The summed E-state index contributed by atoms with van der Waals surface area (Å²) in [5.41, 5.74) is 0. The van der Waals surface area contributed by atoms with Gasteiger partial charge in [0.15, 0.2) is 0 Å². The van der Waals surface area contributed by atoms with E-state index < -0.39 is 10.2 Å². The molecule has 0 spiro atoms. The highest BCUT2D eigenvalue weighted by molar-refractivity contribution is 7.87. The van der Waals surface area contributed by atoms with Crippen LogP contribution in [0.1, 0.15) is 0 Å². The lowest BCUT2D eigenvalue weighted by atomic mass is 13.7. The molecular formula is H3FN2O2S. The summed E-state index contributed by atoms with van der Waals surface area (Å²) in [4.78, 5) is 0.354. The van der Waals surface area contributed by atoms with Crippen molar-refractivity contribution in [3.63, 3.8) is 0 Å². The van der Waals surface area contributed by atoms with Crippen LogP contribution in [0.3, 0.4) is 0 Å². The molecule has 0 aromatic carbocycles. The summed E-state index contributed by atoms with van der Waals surface area (Å²) in [5, 5.41) is 4.02. The van der Waals surface area contributed by atoms with Crippen LogP contribution in [0.2, 0.25) is 0 Å². The van der Waals surface area contributed by atoms with Gasteiger partial charge in [0.2, 0.25) is 0 Å². The fourth-order valence-corrected chi connectivity index (χ4v) is 0. The Balaban J connectivity index is 3.85. The zero-order chi connectivity index (χ0) is 5.21. The highest BCUT2D eigenvalue weighted by Gasteiger charge is 1.92. The van der Waals surface area contributed by atoms with Gasteiger partial charge >= 0.3 is 10.2 Å². The van der Waals surface area contributed by atoms with E-state index in [-0.39, 0.29) is 0 Å². The first-order valence-electron chi connectivity index (χ1n) is 0.962. The summed E-state index contributed by atoms with van der Waals surface area (Å²) >= 11 is 0. The van der Waals surface area contributed by atoms with Gasteiger partial charge in [0.05, 0.1) is 0 Å². The minimum Gasteiger partial charge on any atom is -0.214 e. The Morgan fingerprint density at radius 2 is 1.83 bits per heavy atom. The third-order valence-electron chi connectivity index (χ3n) is 0.108. The molecule has 0 radical (unpaired) electrons. The molecule has 0 rings (SSSR count). The molecule has 0 heterocycles. The van der Waals surface area contributed by atoms with Gasteiger partial charge in [0, 0.05) is 0 Å². The van der Waals surface area contributed by atoms with Crippen LogP contribution in [0.25, 0.3) is 0 Å². The molecule has 0 saturated carbocycles. The summed E-state index contributed by atoms with van der Waals surface area (Å²) in [7, 11) is -4.08. The molecule has 0 amide bonds. The quantitative estimate of drug-likeness (QED) is 0.414. The molecular weight excluding hydrogens is 111 g/mol. The van der Waals surface area contributed by atoms with E-state index in [2.05, 4.69) is 5.14 Å². The summed E-state index contributed by atoms with van der Waals surface area (Å²) in [6, 6.07) is 0. The van der Waals surface area contributed by atoms with E-state index in [1.165, 1.54) is 0 Å². The molecule has 4 nitrogen and oxygen atoms in total. The lowest BCUT2D eigenvalue weighted by Crippen LogP contribution is -2.23. The van der Waals surface area contributed by atoms with Crippen LogP contribution in [0.15, 0.2) is 0 Å². The van der Waals surface area contributed by atoms with Crippen molar-refractivity contribution in [3.05, 3.63) is 0 Å². The van der Waals surface area contributed by atoms with Gasteiger partial charge in [-0.1, -0.05) is 0 Å². The Bertz CT molecular complexity index is 114. The normalized spacial score (nSPS) is 11.7.